The fourth-order valence-electron chi connectivity index (χ4n) is 2.32. The minimum atomic E-state index is 0.122. The Morgan fingerprint density at radius 3 is 2.37 bits per heavy atom. The van der Waals surface area contributed by atoms with Crippen LogP contribution in [0.25, 0.3) is 0 Å². The van der Waals surface area contributed by atoms with Crippen molar-refractivity contribution in [3.63, 3.8) is 0 Å². The zero-order valence-corrected chi connectivity index (χ0v) is 12.3. The third-order valence-corrected chi connectivity index (χ3v) is 3.00. The largest absolute Gasteiger partial charge is 0.409 e. The molecule has 0 radical (unpaired) electrons. The van der Waals surface area contributed by atoms with E-state index < -0.39 is 0 Å². The Labute approximate surface area is 115 Å². The van der Waals surface area contributed by atoms with Gasteiger partial charge in [0.05, 0.1) is 16.9 Å². The number of nitrogens with zero attached hydrogens (tertiary/aromatic N) is 3. The maximum Gasteiger partial charge on any atom is 0.174 e. The van der Waals surface area contributed by atoms with Crippen LogP contribution in [0, 0.1) is 13.8 Å². The molecule has 0 atom stereocenters. The van der Waals surface area contributed by atoms with E-state index in [1.54, 1.807) is 0 Å². The van der Waals surface area contributed by atoms with Gasteiger partial charge in [0.1, 0.15) is 0 Å². The predicted molar refractivity (Wildman–Crippen MR) is 79.0 cm³/mol. The minimum absolute atomic E-state index is 0.122. The number of oxime groups is 1. The summed E-state index contributed by atoms with van der Waals surface area (Å²) in [6, 6.07) is 2.01. The fraction of sp³-hybridized carbons (Fsp3) is 0.571. The van der Waals surface area contributed by atoms with Crippen molar-refractivity contribution >= 4 is 11.5 Å². The first-order valence-corrected chi connectivity index (χ1v) is 6.76. The van der Waals surface area contributed by atoms with Crippen molar-refractivity contribution in [3.8, 4) is 0 Å². The molecule has 1 heterocycles. The smallest absolute Gasteiger partial charge is 0.174 e. The molecule has 1 rings (SSSR count). The van der Waals surface area contributed by atoms with Crippen molar-refractivity contribution in [3.05, 3.63) is 23.0 Å². The zero-order chi connectivity index (χ0) is 14.4. The van der Waals surface area contributed by atoms with Gasteiger partial charge >= 0.3 is 0 Å². The van der Waals surface area contributed by atoms with Crippen LogP contribution in [0.3, 0.4) is 0 Å². The van der Waals surface area contributed by atoms with Crippen LogP contribution in [0.5, 0.6) is 0 Å². The molecule has 0 aliphatic heterocycles. The van der Waals surface area contributed by atoms with E-state index in [2.05, 4.69) is 28.9 Å². The highest BCUT2D eigenvalue weighted by molar-refractivity contribution is 6.03. The Morgan fingerprint density at radius 1 is 1.32 bits per heavy atom. The predicted octanol–water partition coefficient (Wildman–Crippen LogP) is 2.42. The summed E-state index contributed by atoms with van der Waals surface area (Å²) in [7, 11) is 0. The fourth-order valence-corrected chi connectivity index (χ4v) is 2.32. The number of amidine groups is 1. The van der Waals surface area contributed by atoms with E-state index in [-0.39, 0.29) is 5.84 Å². The minimum Gasteiger partial charge on any atom is -0.409 e. The first-order valence-electron chi connectivity index (χ1n) is 6.76. The maximum absolute atomic E-state index is 8.96. The van der Waals surface area contributed by atoms with Gasteiger partial charge in [-0.1, -0.05) is 19.0 Å². The van der Waals surface area contributed by atoms with E-state index in [1.165, 1.54) is 0 Å². The Balaban J connectivity index is 3.36. The van der Waals surface area contributed by atoms with Gasteiger partial charge in [-0.05, 0) is 32.8 Å². The van der Waals surface area contributed by atoms with E-state index in [9.17, 15) is 0 Å². The second-order valence-corrected chi connectivity index (χ2v) is 4.72. The summed E-state index contributed by atoms with van der Waals surface area (Å²) in [5.41, 5.74) is 9.28. The number of anilines is 1. The summed E-state index contributed by atoms with van der Waals surface area (Å²) >= 11 is 0. The van der Waals surface area contributed by atoms with Crippen LogP contribution in [-0.2, 0) is 0 Å². The third-order valence-electron chi connectivity index (χ3n) is 3.00. The molecule has 0 unspecified atom stereocenters. The van der Waals surface area contributed by atoms with Crippen LogP contribution in [0.2, 0.25) is 0 Å². The van der Waals surface area contributed by atoms with Crippen molar-refractivity contribution in [2.24, 2.45) is 10.9 Å². The Hall–Kier alpha value is -1.78. The number of aryl methyl sites for hydroxylation is 2. The molecule has 0 aliphatic rings. The van der Waals surface area contributed by atoms with Crippen LogP contribution >= 0.6 is 0 Å². The molecule has 0 bridgehead atoms. The van der Waals surface area contributed by atoms with E-state index >= 15 is 0 Å². The lowest BCUT2D eigenvalue weighted by atomic mass is 10.1. The molecule has 1 aromatic heterocycles. The Bertz CT molecular complexity index is 451. The quantitative estimate of drug-likeness (QED) is 0.358. The van der Waals surface area contributed by atoms with Gasteiger partial charge in [-0.25, -0.2) is 0 Å². The molecule has 19 heavy (non-hydrogen) atoms. The molecule has 0 aromatic carbocycles. The van der Waals surface area contributed by atoms with Gasteiger partial charge < -0.3 is 15.8 Å². The lowest BCUT2D eigenvalue weighted by Crippen LogP contribution is -2.29. The first kappa shape index (κ1) is 15.3. The van der Waals surface area contributed by atoms with Gasteiger partial charge in [-0.3, -0.25) is 4.98 Å². The molecule has 0 aliphatic carbocycles. The molecule has 0 saturated heterocycles. The molecule has 106 valence electrons. The number of nitrogens with two attached hydrogens (primary N) is 1. The van der Waals surface area contributed by atoms with E-state index in [4.69, 9.17) is 10.9 Å². The Morgan fingerprint density at radius 2 is 1.89 bits per heavy atom. The highest BCUT2D eigenvalue weighted by Gasteiger charge is 2.17. The van der Waals surface area contributed by atoms with Crippen molar-refractivity contribution in [1.29, 1.82) is 0 Å². The monoisotopic (exact) mass is 264 g/mol. The van der Waals surface area contributed by atoms with Crippen LogP contribution in [0.4, 0.5) is 5.69 Å². The Kier molecular flexibility index (Phi) is 5.60. The summed E-state index contributed by atoms with van der Waals surface area (Å²) in [6.45, 7) is 10.0. The molecular weight excluding hydrogens is 240 g/mol. The lowest BCUT2D eigenvalue weighted by molar-refractivity contribution is 0.318. The molecule has 0 amide bonds. The van der Waals surface area contributed by atoms with Crippen molar-refractivity contribution in [2.45, 2.75) is 40.5 Å². The number of aromatic nitrogens is 1. The van der Waals surface area contributed by atoms with Crippen molar-refractivity contribution in [2.75, 3.05) is 18.0 Å². The van der Waals surface area contributed by atoms with Gasteiger partial charge in [0.25, 0.3) is 0 Å². The van der Waals surface area contributed by atoms with Crippen LogP contribution in [0.15, 0.2) is 11.2 Å². The van der Waals surface area contributed by atoms with Crippen LogP contribution in [-0.4, -0.2) is 29.1 Å². The van der Waals surface area contributed by atoms with Crippen molar-refractivity contribution in [1.82, 2.24) is 4.98 Å². The molecule has 1 aromatic rings. The van der Waals surface area contributed by atoms with Gasteiger partial charge in [0.2, 0.25) is 0 Å². The number of hydrogen-bond acceptors (Lipinski definition) is 4. The summed E-state index contributed by atoms with van der Waals surface area (Å²) in [6.07, 6.45) is 2.10. The van der Waals surface area contributed by atoms with Crippen LogP contribution < -0.4 is 10.6 Å². The summed E-state index contributed by atoms with van der Waals surface area (Å²) < 4.78 is 0. The average Bonchev–Trinajstić information content (AvgIpc) is 2.36. The molecular formula is C14H24N4O. The standard InChI is InChI=1S/C14H24N4O/c1-5-7-18(8-6-2)12-9-10(3)16-11(4)13(12)14(15)17-19/h9,19H,5-8H2,1-4H3,(H2,15,17). The zero-order valence-electron chi connectivity index (χ0n) is 12.3. The molecule has 5 nitrogen and oxygen atoms in total. The molecule has 3 N–H and O–H groups in total. The average molecular weight is 264 g/mol. The van der Waals surface area contributed by atoms with E-state index in [0.717, 1.165) is 48.6 Å². The van der Waals surface area contributed by atoms with Gasteiger partial charge in [0.15, 0.2) is 5.84 Å². The number of rotatable bonds is 6. The summed E-state index contributed by atoms with van der Waals surface area (Å²) in [5, 5.41) is 12.1. The molecule has 0 fully saturated rings. The molecule has 0 spiro atoms. The highest BCUT2D eigenvalue weighted by atomic mass is 16.4. The van der Waals surface area contributed by atoms with E-state index in [0.29, 0.717) is 0 Å². The van der Waals surface area contributed by atoms with E-state index in [1.807, 2.05) is 19.9 Å². The number of hydrogen-bond donors (Lipinski definition) is 2. The molecule has 5 heteroatoms. The lowest BCUT2D eigenvalue weighted by Gasteiger charge is -2.27. The van der Waals surface area contributed by atoms with Crippen LogP contribution in [0.1, 0.15) is 43.6 Å². The van der Waals surface area contributed by atoms with Gasteiger partial charge in [0, 0.05) is 18.8 Å². The maximum atomic E-state index is 8.96. The normalized spacial score (nSPS) is 11.7. The topological polar surface area (TPSA) is 74.7 Å². The van der Waals surface area contributed by atoms with Crippen molar-refractivity contribution < 1.29 is 5.21 Å². The second-order valence-electron chi connectivity index (χ2n) is 4.72. The second kappa shape index (κ2) is 6.97. The molecule has 0 saturated carbocycles. The highest BCUT2D eigenvalue weighted by Crippen LogP contribution is 2.24. The summed E-state index contributed by atoms with van der Waals surface area (Å²) in [4.78, 5) is 6.68. The van der Waals surface area contributed by atoms with Gasteiger partial charge in [-0.2, -0.15) is 0 Å². The first-order chi connectivity index (χ1) is 9.04. The number of pyridine rings is 1. The van der Waals surface area contributed by atoms with Gasteiger partial charge in [-0.15, -0.1) is 0 Å². The third kappa shape index (κ3) is 3.59. The summed E-state index contributed by atoms with van der Waals surface area (Å²) in [5.74, 6) is 0.122. The SMILES string of the molecule is CCCN(CCC)c1cc(C)nc(C)c1/C(N)=N/O.